The van der Waals surface area contributed by atoms with E-state index in [9.17, 15) is 10.1 Å². The Hall–Kier alpha value is -2.15. The predicted octanol–water partition coefficient (Wildman–Crippen LogP) is 5.05. The monoisotopic (exact) mass is 469 g/mol. The van der Waals surface area contributed by atoms with E-state index in [-0.39, 0.29) is 11.7 Å². The first-order chi connectivity index (χ1) is 15.1. The van der Waals surface area contributed by atoms with Crippen molar-refractivity contribution in [1.82, 2.24) is 14.8 Å². The second-order valence-corrected chi connectivity index (χ2v) is 11.3. The van der Waals surface area contributed by atoms with E-state index < -0.39 is 0 Å². The molecule has 1 saturated carbocycles. The van der Waals surface area contributed by atoms with Gasteiger partial charge in [-0.3, -0.25) is 4.79 Å². The van der Waals surface area contributed by atoms with Crippen LogP contribution in [0.25, 0.3) is 0 Å². The summed E-state index contributed by atoms with van der Waals surface area (Å²) < 4.78 is 2.21. The average Bonchev–Trinajstić information content (AvgIpc) is 3.16. The minimum atomic E-state index is -0.0988. The summed E-state index contributed by atoms with van der Waals surface area (Å²) in [6, 6.07) is 6.94. The number of nitriles is 1. The number of rotatable bonds is 7. The zero-order chi connectivity index (χ0) is 21.4. The van der Waals surface area contributed by atoms with Crippen molar-refractivity contribution in [2.75, 3.05) is 11.1 Å². The van der Waals surface area contributed by atoms with Crippen LogP contribution in [0.3, 0.4) is 0 Å². The molecule has 2 aliphatic carbocycles. The Kier molecular flexibility index (Phi) is 5.87. The summed E-state index contributed by atoms with van der Waals surface area (Å²) in [6.45, 7) is 2.24. The molecule has 1 fully saturated rings. The number of thiophene rings is 2. The molecule has 5 rings (SSSR count). The van der Waals surface area contributed by atoms with Crippen LogP contribution >= 0.6 is 34.4 Å². The number of hydrogen-bond donors (Lipinski definition) is 1. The number of hydrogen-bond acceptors (Lipinski definition) is 7. The number of fused-ring (bicyclic) bond motifs is 1. The molecule has 1 amide bonds. The zero-order valence-electron chi connectivity index (χ0n) is 17.3. The van der Waals surface area contributed by atoms with E-state index in [2.05, 4.69) is 50.6 Å². The van der Waals surface area contributed by atoms with Crippen LogP contribution in [0.2, 0.25) is 0 Å². The first kappa shape index (κ1) is 20.7. The lowest BCUT2D eigenvalue weighted by molar-refractivity contribution is -0.113. The third-order valence-electron chi connectivity index (χ3n) is 5.77. The third kappa shape index (κ3) is 4.43. The first-order valence-electron chi connectivity index (χ1n) is 10.6. The van der Waals surface area contributed by atoms with Crippen LogP contribution in [0, 0.1) is 17.2 Å². The summed E-state index contributed by atoms with van der Waals surface area (Å²) in [5.74, 6) is 1.76. The average molecular weight is 470 g/mol. The number of nitrogens with one attached hydrogen (secondary N) is 1. The second kappa shape index (κ2) is 8.77. The summed E-state index contributed by atoms with van der Waals surface area (Å²) >= 11 is 4.72. The zero-order valence-corrected chi connectivity index (χ0v) is 19.7. The molecule has 9 heteroatoms. The van der Waals surface area contributed by atoms with E-state index in [1.807, 2.05) is 0 Å². The molecule has 6 nitrogen and oxygen atoms in total. The van der Waals surface area contributed by atoms with Crippen molar-refractivity contribution < 1.29 is 4.79 Å². The summed E-state index contributed by atoms with van der Waals surface area (Å²) in [7, 11) is 0. The van der Waals surface area contributed by atoms with Gasteiger partial charge in [0.1, 0.15) is 16.9 Å². The number of amides is 1. The fraction of sp³-hybridized carbons (Fsp3) is 0.455. The molecular formula is C22H23N5OS3. The minimum Gasteiger partial charge on any atom is -0.316 e. The number of carbonyl (C=O) groups excluding carboxylic acids is 1. The molecule has 2 aliphatic rings. The Morgan fingerprint density at radius 3 is 3.00 bits per heavy atom. The van der Waals surface area contributed by atoms with Gasteiger partial charge in [-0.15, -0.1) is 32.9 Å². The van der Waals surface area contributed by atoms with E-state index in [1.54, 1.807) is 22.7 Å². The van der Waals surface area contributed by atoms with Gasteiger partial charge in [-0.25, -0.2) is 0 Å². The standard InChI is InChI=1S/C22H23N5OS3/c1-13-4-7-16-17(11-23)21(31-18(16)9-13)24-20(28)12-30-22-26-25-19(27(22)14-5-6-14)10-15-3-2-8-29-15/h2-3,8,13-14H,4-7,9-10,12H2,1H3,(H,24,28). The maximum absolute atomic E-state index is 12.7. The fourth-order valence-corrected chi connectivity index (χ4v) is 6.95. The molecule has 1 atom stereocenters. The molecule has 1 N–H and O–H groups in total. The van der Waals surface area contributed by atoms with Crippen LogP contribution in [0.1, 0.15) is 58.9 Å². The highest BCUT2D eigenvalue weighted by Gasteiger charge is 2.30. The number of carbonyl (C=O) groups is 1. The summed E-state index contributed by atoms with van der Waals surface area (Å²) in [5.41, 5.74) is 1.80. The van der Waals surface area contributed by atoms with E-state index in [0.717, 1.165) is 55.1 Å². The Morgan fingerprint density at radius 2 is 2.26 bits per heavy atom. The summed E-state index contributed by atoms with van der Waals surface area (Å²) in [5, 5.41) is 25.0. The van der Waals surface area contributed by atoms with Gasteiger partial charge in [-0.1, -0.05) is 24.8 Å². The quantitative estimate of drug-likeness (QED) is 0.489. The van der Waals surface area contributed by atoms with E-state index >= 15 is 0 Å². The number of nitrogens with zero attached hydrogens (tertiary/aromatic N) is 4. The van der Waals surface area contributed by atoms with Gasteiger partial charge in [0.15, 0.2) is 5.16 Å². The molecule has 0 spiro atoms. The molecule has 0 aromatic carbocycles. The molecule has 0 radical (unpaired) electrons. The van der Waals surface area contributed by atoms with Crippen molar-refractivity contribution in [3.8, 4) is 6.07 Å². The van der Waals surface area contributed by atoms with Gasteiger partial charge in [-0.05, 0) is 55.0 Å². The maximum atomic E-state index is 12.7. The molecule has 160 valence electrons. The first-order valence-corrected chi connectivity index (χ1v) is 13.2. The second-order valence-electron chi connectivity index (χ2n) is 8.26. The van der Waals surface area contributed by atoms with E-state index in [1.165, 1.54) is 21.5 Å². The van der Waals surface area contributed by atoms with Crippen molar-refractivity contribution in [3.63, 3.8) is 0 Å². The van der Waals surface area contributed by atoms with Crippen LogP contribution < -0.4 is 5.32 Å². The van der Waals surface area contributed by atoms with Crippen LogP contribution in [-0.2, 0) is 24.1 Å². The Labute approximate surface area is 193 Å². The molecule has 31 heavy (non-hydrogen) atoms. The summed E-state index contributed by atoms with van der Waals surface area (Å²) in [4.78, 5) is 15.2. The van der Waals surface area contributed by atoms with Gasteiger partial charge < -0.3 is 9.88 Å². The van der Waals surface area contributed by atoms with Gasteiger partial charge in [0.25, 0.3) is 0 Å². The maximum Gasteiger partial charge on any atom is 0.235 e. The fourth-order valence-electron chi connectivity index (χ4n) is 4.04. The number of anilines is 1. The van der Waals surface area contributed by atoms with Crippen molar-refractivity contribution in [1.29, 1.82) is 5.26 Å². The van der Waals surface area contributed by atoms with Crippen LogP contribution in [0.4, 0.5) is 5.00 Å². The van der Waals surface area contributed by atoms with Crippen LogP contribution in [0.15, 0.2) is 22.7 Å². The lowest BCUT2D eigenvalue weighted by Gasteiger charge is -2.17. The van der Waals surface area contributed by atoms with E-state index in [0.29, 0.717) is 22.5 Å². The normalized spacial score (nSPS) is 17.9. The van der Waals surface area contributed by atoms with Gasteiger partial charge in [-0.2, -0.15) is 5.26 Å². The molecule has 0 aliphatic heterocycles. The van der Waals surface area contributed by atoms with Crippen LogP contribution in [-0.4, -0.2) is 26.4 Å². The number of thioether (sulfide) groups is 1. The highest BCUT2D eigenvalue weighted by molar-refractivity contribution is 7.99. The Morgan fingerprint density at radius 1 is 1.39 bits per heavy atom. The molecule has 0 saturated heterocycles. The van der Waals surface area contributed by atoms with Crippen molar-refractivity contribution in [2.45, 2.75) is 56.6 Å². The summed E-state index contributed by atoms with van der Waals surface area (Å²) in [6.07, 6.45) is 6.08. The van der Waals surface area contributed by atoms with Crippen molar-refractivity contribution in [3.05, 3.63) is 44.2 Å². The molecule has 3 aromatic rings. The topological polar surface area (TPSA) is 83.6 Å². The van der Waals surface area contributed by atoms with Gasteiger partial charge >= 0.3 is 0 Å². The van der Waals surface area contributed by atoms with Gasteiger partial charge in [0, 0.05) is 22.2 Å². The molecule has 3 aromatic heterocycles. The lowest BCUT2D eigenvalue weighted by Crippen LogP contribution is -2.15. The molecule has 3 heterocycles. The highest BCUT2D eigenvalue weighted by atomic mass is 32.2. The molecular weight excluding hydrogens is 446 g/mol. The van der Waals surface area contributed by atoms with Crippen molar-refractivity contribution >= 4 is 45.3 Å². The van der Waals surface area contributed by atoms with E-state index in [4.69, 9.17) is 0 Å². The third-order valence-corrected chi connectivity index (χ3v) is 8.76. The minimum absolute atomic E-state index is 0.0988. The number of aromatic nitrogens is 3. The lowest BCUT2D eigenvalue weighted by atomic mass is 9.89. The molecule has 0 bridgehead atoms. The van der Waals surface area contributed by atoms with Crippen molar-refractivity contribution in [2.24, 2.45) is 5.92 Å². The van der Waals surface area contributed by atoms with Gasteiger partial charge in [0.2, 0.25) is 5.91 Å². The van der Waals surface area contributed by atoms with Gasteiger partial charge in [0.05, 0.1) is 11.3 Å². The SMILES string of the molecule is CC1CCc2c(sc(NC(=O)CSc3nnc(Cc4cccs4)n3C3CC3)c2C#N)C1. The Bertz CT molecular complexity index is 1140. The highest BCUT2D eigenvalue weighted by Crippen LogP contribution is 2.40. The predicted molar refractivity (Wildman–Crippen MR) is 125 cm³/mol. The molecule has 1 unspecified atom stereocenters. The Balaban J connectivity index is 1.27. The smallest absolute Gasteiger partial charge is 0.235 e. The van der Waals surface area contributed by atoms with Crippen LogP contribution in [0.5, 0.6) is 0 Å². The largest absolute Gasteiger partial charge is 0.316 e.